The van der Waals surface area contributed by atoms with E-state index in [2.05, 4.69) is 6.58 Å². The Morgan fingerprint density at radius 2 is 2.00 bits per heavy atom. The van der Waals surface area contributed by atoms with Gasteiger partial charge in [0.25, 0.3) is 0 Å². The fourth-order valence-corrected chi connectivity index (χ4v) is 1.65. The van der Waals surface area contributed by atoms with Gasteiger partial charge in [-0.15, -0.1) is 0 Å². The van der Waals surface area contributed by atoms with Gasteiger partial charge in [-0.05, 0) is 44.0 Å². The molecule has 0 spiro atoms. The Kier molecular flexibility index (Phi) is 4.32. The summed E-state index contributed by atoms with van der Waals surface area (Å²) < 4.78 is 10.7. The zero-order chi connectivity index (χ0) is 13.0. The highest BCUT2D eigenvalue weighted by Gasteiger charge is 2.12. The molecule has 0 fully saturated rings. The molecule has 0 heterocycles. The maximum atomic E-state index is 11.4. The molecule has 3 heteroatoms. The van der Waals surface area contributed by atoms with E-state index in [9.17, 15) is 4.79 Å². The van der Waals surface area contributed by atoms with E-state index in [1.807, 2.05) is 13.8 Å². The number of hydrogen-bond acceptors (Lipinski definition) is 3. The molecule has 0 aromatic heterocycles. The van der Waals surface area contributed by atoms with Crippen LogP contribution in [0.1, 0.15) is 35.3 Å². The maximum Gasteiger partial charge on any atom is 0.237 e. The summed E-state index contributed by atoms with van der Waals surface area (Å²) in [5.74, 6) is 0.786. The van der Waals surface area contributed by atoms with Crippen LogP contribution in [0.25, 0.3) is 0 Å². The van der Waals surface area contributed by atoms with Gasteiger partial charge >= 0.3 is 0 Å². The molecule has 1 rings (SSSR count). The number of benzene rings is 1. The van der Waals surface area contributed by atoms with Crippen molar-refractivity contribution in [2.45, 2.75) is 34.0 Å². The van der Waals surface area contributed by atoms with Gasteiger partial charge in [0.05, 0.1) is 6.26 Å². The van der Waals surface area contributed by atoms with Gasteiger partial charge in [-0.3, -0.25) is 4.79 Å². The first-order valence-corrected chi connectivity index (χ1v) is 5.51. The lowest BCUT2D eigenvalue weighted by Gasteiger charge is -2.17. The topological polar surface area (TPSA) is 35.5 Å². The molecule has 1 unspecified atom stereocenters. The summed E-state index contributed by atoms with van der Waals surface area (Å²) in [4.78, 5) is 11.4. The molecule has 0 saturated heterocycles. The fraction of sp³-hybridized carbons (Fsp3) is 0.357. The minimum absolute atomic E-state index is 0.0625. The van der Waals surface area contributed by atoms with Crippen molar-refractivity contribution in [1.29, 1.82) is 0 Å². The summed E-state index contributed by atoms with van der Waals surface area (Å²) in [5, 5.41) is 0. The average Bonchev–Trinajstić information content (AvgIpc) is 2.25. The van der Waals surface area contributed by atoms with Gasteiger partial charge in [0.2, 0.25) is 6.29 Å². The highest BCUT2D eigenvalue weighted by atomic mass is 16.7. The molecule has 3 nitrogen and oxygen atoms in total. The highest BCUT2D eigenvalue weighted by Crippen LogP contribution is 2.25. The lowest BCUT2D eigenvalue weighted by Crippen LogP contribution is -2.14. The summed E-state index contributed by atoms with van der Waals surface area (Å²) in [6, 6.07) is 3.57. The van der Waals surface area contributed by atoms with E-state index in [4.69, 9.17) is 9.47 Å². The summed E-state index contributed by atoms with van der Waals surface area (Å²) in [5.41, 5.74) is 2.63. The number of ether oxygens (including phenoxy) is 2. The Labute approximate surface area is 102 Å². The van der Waals surface area contributed by atoms with Gasteiger partial charge in [0.1, 0.15) is 5.75 Å². The Balaban J connectivity index is 3.00. The van der Waals surface area contributed by atoms with Crippen LogP contribution in [0.15, 0.2) is 25.0 Å². The van der Waals surface area contributed by atoms with Gasteiger partial charge in [0.15, 0.2) is 5.78 Å². The van der Waals surface area contributed by atoms with Gasteiger partial charge in [-0.2, -0.15) is 0 Å². The first kappa shape index (κ1) is 13.3. The molecular weight excluding hydrogens is 216 g/mol. The van der Waals surface area contributed by atoms with Crippen molar-refractivity contribution in [3.05, 3.63) is 41.7 Å². The van der Waals surface area contributed by atoms with Crippen molar-refractivity contribution in [3.63, 3.8) is 0 Å². The summed E-state index contributed by atoms with van der Waals surface area (Å²) >= 11 is 0. The maximum absolute atomic E-state index is 11.4. The minimum atomic E-state index is -0.395. The third-order valence-corrected chi connectivity index (χ3v) is 2.70. The molecule has 0 aliphatic heterocycles. The van der Waals surface area contributed by atoms with E-state index in [1.165, 1.54) is 6.26 Å². The second-order valence-corrected chi connectivity index (χ2v) is 3.91. The number of carbonyl (C=O) groups is 1. The Hall–Kier alpha value is -1.77. The number of ketones is 1. The predicted octanol–water partition coefficient (Wildman–Crippen LogP) is 3.39. The number of rotatable bonds is 5. The van der Waals surface area contributed by atoms with E-state index in [1.54, 1.807) is 26.0 Å². The van der Waals surface area contributed by atoms with Crippen LogP contribution in [0.2, 0.25) is 0 Å². The second-order valence-electron chi connectivity index (χ2n) is 3.91. The quantitative estimate of drug-likeness (QED) is 0.445. The molecule has 0 aliphatic carbocycles. The van der Waals surface area contributed by atoms with Crippen molar-refractivity contribution in [2.75, 3.05) is 0 Å². The first-order valence-electron chi connectivity index (χ1n) is 5.51. The van der Waals surface area contributed by atoms with Crippen LogP contribution in [0.4, 0.5) is 0 Å². The first-order chi connectivity index (χ1) is 7.97. The zero-order valence-corrected chi connectivity index (χ0v) is 10.7. The molecule has 0 amide bonds. The molecule has 17 heavy (non-hydrogen) atoms. The Morgan fingerprint density at radius 3 is 2.53 bits per heavy atom. The third-order valence-electron chi connectivity index (χ3n) is 2.70. The SMILES string of the molecule is C=COC(C)Oc1ccc(C(C)=O)c(C)c1C. The molecule has 0 bridgehead atoms. The molecule has 0 N–H and O–H groups in total. The summed E-state index contributed by atoms with van der Waals surface area (Å²) in [6.07, 6.45) is 0.949. The second kappa shape index (κ2) is 5.53. The minimum Gasteiger partial charge on any atom is -0.463 e. The number of carbonyl (C=O) groups excluding carboxylic acids is 1. The lowest BCUT2D eigenvalue weighted by molar-refractivity contribution is -0.0136. The zero-order valence-electron chi connectivity index (χ0n) is 10.7. The average molecular weight is 234 g/mol. The molecule has 1 atom stereocenters. The standard InChI is InChI=1S/C14H18O3/c1-6-16-12(5)17-14-8-7-13(11(4)15)9(2)10(14)3/h6-8,12H,1H2,2-5H3. The van der Waals surface area contributed by atoms with Gasteiger partial charge in [-0.25, -0.2) is 0 Å². The predicted molar refractivity (Wildman–Crippen MR) is 67.3 cm³/mol. The van der Waals surface area contributed by atoms with Crippen molar-refractivity contribution in [3.8, 4) is 5.75 Å². The van der Waals surface area contributed by atoms with E-state index >= 15 is 0 Å². The molecule has 0 radical (unpaired) electrons. The molecular formula is C14H18O3. The van der Waals surface area contributed by atoms with E-state index in [0.29, 0.717) is 0 Å². The van der Waals surface area contributed by atoms with Crippen LogP contribution >= 0.6 is 0 Å². The van der Waals surface area contributed by atoms with Crippen LogP contribution in [-0.2, 0) is 4.74 Å². The van der Waals surface area contributed by atoms with E-state index in [-0.39, 0.29) is 5.78 Å². The Bertz CT molecular complexity index is 435. The Morgan fingerprint density at radius 1 is 1.35 bits per heavy atom. The lowest BCUT2D eigenvalue weighted by atomic mass is 10.00. The van der Waals surface area contributed by atoms with Gasteiger partial charge < -0.3 is 9.47 Å². The van der Waals surface area contributed by atoms with E-state index < -0.39 is 6.29 Å². The molecule has 0 saturated carbocycles. The van der Waals surface area contributed by atoms with Crippen LogP contribution < -0.4 is 4.74 Å². The smallest absolute Gasteiger partial charge is 0.237 e. The summed E-state index contributed by atoms with van der Waals surface area (Å²) in [7, 11) is 0. The monoisotopic (exact) mass is 234 g/mol. The molecule has 0 aliphatic rings. The largest absolute Gasteiger partial charge is 0.463 e. The molecule has 1 aromatic rings. The van der Waals surface area contributed by atoms with Crippen LogP contribution in [-0.4, -0.2) is 12.1 Å². The fourth-order valence-electron chi connectivity index (χ4n) is 1.65. The number of hydrogen-bond donors (Lipinski definition) is 0. The van der Waals surface area contributed by atoms with Crippen LogP contribution in [0.3, 0.4) is 0 Å². The molecule has 92 valence electrons. The van der Waals surface area contributed by atoms with Gasteiger partial charge in [-0.1, -0.05) is 6.58 Å². The van der Waals surface area contributed by atoms with Crippen LogP contribution in [0, 0.1) is 13.8 Å². The number of Topliss-reactive ketones (excluding diaryl/α,β-unsaturated/α-hetero) is 1. The summed E-state index contributed by atoms with van der Waals surface area (Å²) in [6.45, 7) is 10.7. The van der Waals surface area contributed by atoms with Crippen molar-refractivity contribution in [1.82, 2.24) is 0 Å². The molecule has 1 aromatic carbocycles. The highest BCUT2D eigenvalue weighted by molar-refractivity contribution is 5.96. The van der Waals surface area contributed by atoms with Crippen molar-refractivity contribution < 1.29 is 14.3 Å². The third kappa shape index (κ3) is 3.09. The normalized spacial score (nSPS) is 11.8. The van der Waals surface area contributed by atoms with Crippen LogP contribution in [0.5, 0.6) is 5.75 Å². The van der Waals surface area contributed by atoms with Crippen molar-refractivity contribution in [2.24, 2.45) is 0 Å². The van der Waals surface area contributed by atoms with Gasteiger partial charge in [0, 0.05) is 12.5 Å². The van der Waals surface area contributed by atoms with E-state index in [0.717, 1.165) is 22.4 Å². The van der Waals surface area contributed by atoms with Crippen molar-refractivity contribution >= 4 is 5.78 Å².